The van der Waals surface area contributed by atoms with E-state index in [0.717, 1.165) is 19.3 Å². The van der Waals surface area contributed by atoms with Gasteiger partial charge in [-0.05, 0) is 25.7 Å². The summed E-state index contributed by atoms with van der Waals surface area (Å²) in [5.41, 5.74) is 0. The summed E-state index contributed by atoms with van der Waals surface area (Å²) >= 11 is 0. The van der Waals surface area contributed by atoms with Crippen LogP contribution in [-0.2, 0) is 9.53 Å². The second-order valence-corrected chi connectivity index (χ2v) is 5.68. The molecule has 2 aliphatic rings. The third-order valence-electron chi connectivity index (χ3n) is 4.26. The molecule has 1 aliphatic carbocycles. The molecule has 0 radical (unpaired) electrons. The molecule has 0 aromatic rings. The van der Waals surface area contributed by atoms with E-state index >= 15 is 0 Å². The number of carboxylic acids is 1. The Morgan fingerprint density at radius 1 is 1.35 bits per heavy atom. The van der Waals surface area contributed by atoms with Crippen LogP contribution in [0.25, 0.3) is 0 Å². The first-order chi connectivity index (χ1) is 9.58. The zero-order valence-corrected chi connectivity index (χ0v) is 12.2. The van der Waals surface area contributed by atoms with Gasteiger partial charge in [-0.1, -0.05) is 13.3 Å². The summed E-state index contributed by atoms with van der Waals surface area (Å²) in [4.78, 5) is 25.1. The summed E-state index contributed by atoms with van der Waals surface area (Å²) in [6, 6.07) is -0.249. The zero-order valence-electron chi connectivity index (χ0n) is 12.2. The summed E-state index contributed by atoms with van der Waals surface area (Å²) in [5.74, 6) is -0.918. The predicted octanol–water partition coefficient (Wildman–Crippen LogP) is 1.31. The number of ether oxygens (including phenoxy) is 1. The fourth-order valence-corrected chi connectivity index (χ4v) is 2.97. The van der Waals surface area contributed by atoms with Gasteiger partial charge in [-0.15, -0.1) is 0 Å². The molecule has 4 unspecified atom stereocenters. The molecule has 2 amide bonds. The van der Waals surface area contributed by atoms with E-state index in [4.69, 9.17) is 4.74 Å². The number of nitrogens with one attached hydrogen (secondary N) is 1. The summed E-state index contributed by atoms with van der Waals surface area (Å²) in [5, 5.41) is 12.2. The number of amides is 2. The molecule has 1 aliphatic heterocycles. The van der Waals surface area contributed by atoms with Gasteiger partial charge in [0.25, 0.3) is 0 Å². The maximum absolute atomic E-state index is 12.3. The topological polar surface area (TPSA) is 78.9 Å². The molecular weight excluding hydrogens is 260 g/mol. The number of nitrogens with zero attached hydrogens (tertiary/aromatic N) is 1. The van der Waals surface area contributed by atoms with Gasteiger partial charge in [0, 0.05) is 12.6 Å². The van der Waals surface area contributed by atoms with Crippen LogP contribution in [0.4, 0.5) is 4.79 Å². The number of aliphatic carboxylic acids is 1. The number of carbonyl (C=O) groups excluding carboxylic acids is 1. The van der Waals surface area contributed by atoms with Crippen molar-refractivity contribution in [3.8, 4) is 0 Å². The van der Waals surface area contributed by atoms with E-state index in [2.05, 4.69) is 12.2 Å². The Balaban J connectivity index is 1.91. The lowest BCUT2D eigenvalue weighted by Crippen LogP contribution is -2.51. The molecule has 2 N–H and O–H groups in total. The number of hydrogen-bond donors (Lipinski definition) is 2. The van der Waals surface area contributed by atoms with Gasteiger partial charge in [0.1, 0.15) is 5.92 Å². The SMILES string of the molecule is CCCC1CC1NC(=O)N(CC)C1COCC1C(=O)O. The molecule has 2 rings (SSSR count). The standard InChI is InChI=1S/C14H24N2O4/c1-3-5-9-6-11(9)15-14(19)16(4-2)12-8-20-7-10(12)13(17)18/h9-12H,3-8H2,1-2H3,(H,15,19)(H,17,18). The second kappa shape index (κ2) is 6.43. The van der Waals surface area contributed by atoms with Crippen LogP contribution in [0.15, 0.2) is 0 Å². The van der Waals surface area contributed by atoms with E-state index in [1.165, 1.54) is 0 Å². The lowest BCUT2D eigenvalue weighted by molar-refractivity contribution is -0.142. The number of hydrogen-bond acceptors (Lipinski definition) is 3. The molecule has 114 valence electrons. The number of likely N-dealkylation sites (N-methyl/N-ethyl adjacent to an activating group) is 1. The van der Waals surface area contributed by atoms with E-state index < -0.39 is 11.9 Å². The van der Waals surface area contributed by atoms with Crippen LogP contribution < -0.4 is 5.32 Å². The summed E-state index contributed by atoms with van der Waals surface area (Å²) in [7, 11) is 0. The normalized spacial score (nSPS) is 31.9. The lowest BCUT2D eigenvalue weighted by atomic mass is 10.0. The van der Waals surface area contributed by atoms with Crippen LogP contribution in [0.2, 0.25) is 0 Å². The van der Waals surface area contributed by atoms with E-state index in [-0.39, 0.29) is 24.7 Å². The minimum atomic E-state index is -0.894. The van der Waals surface area contributed by atoms with E-state index in [0.29, 0.717) is 19.1 Å². The Morgan fingerprint density at radius 2 is 2.10 bits per heavy atom. The van der Waals surface area contributed by atoms with Crippen LogP contribution >= 0.6 is 0 Å². The Bertz CT molecular complexity index is 374. The van der Waals surface area contributed by atoms with Crippen molar-refractivity contribution in [3.05, 3.63) is 0 Å². The first-order valence-corrected chi connectivity index (χ1v) is 7.46. The Labute approximate surface area is 119 Å². The molecule has 2 fully saturated rings. The minimum absolute atomic E-state index is 0.155. The number of rotatable bonds is 6. The predicted molar refractivity (Wildman–Crippen MR) is 73.4 cm³/mol. The first kappa shape index (κ1) is 15.1. The van der Waals surface area contributed by atoms with Crippen molar-refractivity contribution < 1.29 is 19.4 Å². The number of urea groups is 1. The molecule has 0 aromatic carbocycles. The molecule has 1 saturated carbocycles. The molecule has 0 aromatic heterocycles. The summed E-state index contributed by atoms with van der Waals surface area (Å²) < 4.78 is 5.24. The van der Waals surface area contributed by atoms with Gasteiger partial charge in [-0.3, -0.25) is 4.79 Å². The van der Waals surface area contributed by atoms with Gasteiger partial charge in [-0.2, -0.15) is 0 Å². The first-order valence-electron chi connectivity index (χ1n) is 7.46. The van der Waals surface area contributed by atoms with Crippen LogP contribution in [0.1, 0.15) is 33.1 Å². The molecule has 0 spiro atoms. The number of carbonyl (C=O) groups is 2. The second-order valence-electron chi connectivity index (χ2n) is 5.68. The van der Waals surface area contributed by atoms with Crippen molar-refractivity contribution >= 4 is 12.0 Å². The maximum atomic E-state index is 12.3. The van der Waals surface area contributed by atoms with Gasteiger partial charge in [0.15, 0.2) is 0 Å². The van der Waals surface area contributed by atoms with E-state index in [1.807, 2.05) is 6.92 Å². The molecule has 6 heteroatoms. The van der Waals surface area contributed by atoms with Crippen LogP contribution in [0.5, 0.6) is 0 Å². The summed E-state index contributed by atoms with van der Waals surface area (Å²) in [6.07, 6.45) is 3.31. The largest absolute Gasteiger partial charge is 0.481 e. The van der Waals surface area contributed by atoms with E-state index in [9.17, 15) is 14.7 Å². The fraction of sp³-hybridized carbons (Fsp3) is 0.857. The van der Waals surface area contributed by atoms with Crippen molar-refractivity contribution in [2.75, 3.05) is 19.8 Å². The molecule has 1 saturated heterocycles. The number of carboxylic acid groups (broad SMARTS) is 1. The van der Waals surface area contributed by atoms with Crippen LogP contribution in [-0.4, -0.2) is 53.8 Å². The van der Waals surface area contributed by atoms with Gasteiger partial charge >= 0.3 is 12.0 Å². The van der Waals surface area contributed by atoms with Crippen molar-refractivity contribution in [1.29, 1.82) is 0 Å². The average Bonchev–Trinajstić information content (AvgIpc) is 2.93. The van der Waals surface area contributed by atoms with Crippen molar-refractivity contribution in [2.45, 2.75) is 45.2 Å². The molecule has 6 nitrogen and oxygen atoms in total. The zero-order chi connectivity index (χ0) is 14.7. The van der Waals surface area contributed by atoms with E-state index in [1.54, 1.807) is 4.90 Å². The minimum Gasteiger partial charge on any atom is -0.481 e. The highest BCUT2D eigenvalue weighted by Gasteiger charge is 2.42. The van der Waals surface area contributed by atoms with Gasteiger partial charge < -0.3 is 20.1 Å². The third kappa shape index (κ3) is 3.23. The van der Waals surface area contributed by atoms with Crippen molar-refractivity contribution in [1.82, 2.24) is 10.2 Å². The third-order valence-corrected chi connectivity index (χ3v) is 4.26. The highest BCUT2D eigenvalue weighted by Crippen LogP contribution is 2.34. The van der Waals surface area contributed by atoms with Crippen LogP contribution in [0.3, 0.4) is 0 Å². The highest BCUT2D eigenvalue weighted by atomic mass is 16.5. The molecule has 1 heterocycles. The average molecular weight is 284 g/mol. The lowest BCUT2D eigenvalue weighted by Gasteiger charge is -2.29. The van der Waals surface area contributed by atoms with Gasteiger partial charge in [0.05, 0.1) is 19.3 Å². The smallest absolute Gasteiger partial charge is 0.317 e. The molecular formula is C14H24N2O4. The van der Waals surface area contributed by atoms with Crippen molar-refractivity contribution in [2.24, 2.45) is 11.8 Å². The molecule has 20 heavy (non-hydrogen) atoms. The van der Waals surface area contributed by atoms with Gasteiger partial charge in [0.2, 0.25) is 0 Å². The fourth-order valence-electron chi connectivity index (χ4n) is 2.97. The monoisotopic (exact) mass is 284 g/mol. The Hall–Kier alpha value is -1.30. The summed E-state index contributed by atoms with van der Waals surface area (Å²) in [6.45, 7) is 5.00. The van der Waals surface area contributed by atoms with Gasteiger partial charge in [-0.25, -0.2) is 4.79 Å². The quantitative estimate of drug-likeness (QED) is 0.770. The maximum Gasteiger partial charge on any atom is 0.317 e. The Kier molecular flexibility index (Phi) is 4.86. The van der Waals surface area contributed by atoms with Crippen molar-refractivity contribution in [3.63, 3.8) is 0 Å². The van der Waals surface area contributed by atoms with Crippen LogP contribution in [0, 0.1) is 11.8 Å². The molecule has 4 atom stereocenters. The highest BCUT2D eigenvalue weighted by molar-refractivity contribution is 5.77. The Morgan fingerprint density at radius 3 is 2.70 bits per heavy atom. The molecule has 0 bridgehead atoms.